The molecule has 0 fully saturated rings. The standard InChI is InChI=1S/C26H19NO3/c28-25(19-9-3-1-4-10-19)20-15-17-21(18-16-20)26(29)27-23-13-7-8-14-24(23)30-22-11-5-2-6-12-22/h1-18H,(H,27,29). The number of ether oxygens (including phenoxy) is 1. The Morgan fingerprint density at radius 1 is 0.567 bits per heavy atom. The van der Waals surface area contributed by atoms with Crippen LogP contribution in [0.5, 0.6) is 11.5 Å². The van der Waals surface area contributed by atoms with E-state index in [1.54, 1.807) is 48.5 Å². The van der Waals surface area contributed by atoms with Gasteiger partial charge < -0.3 is 10.1 Å². The Bertz CT molecular complexity index is 1150. The van der Waals surface area contributed by atoms with Crippen LogP contribution in [0, 0.1) is 0 Å². The molecule has 0 radical (unpaired) electrons. The van der Waals surface area contributed by atoms with E-state index in [9.17, 15) is 9.59 Å². The number of anilines is 1. The van der Waals surface area contributed by atoms with Crippen LogP contribution in [-0.2, 0) is 0 Å². The highest BCUT2D eigenvalue weighted by atomic mass is 16.5. The number of carbonyl (C=O) groups excluding carboxylic acids is 2. The van der Waals surface area contributed by atoms with E-state index in [1.807, 2.05) is 60.7 Å². The lowest BCUT2D eigenvalue weighted by molar-refractivity contribution is 0.102. The largest absolute Gasteiger partial charge is 0.455 e. The number of rotatable bonds is 6. The summed E-state index contributed by atoms with van der Waals surface area (Å²) in [6, 6.07) is 32.3. The minimum atomic E-state index is -0.280. The van der Waals surface area contributed by atoms with Crippen LogP contribution in [0.25, 0.3) is 0 Å². The minimum absolute atomic E-state index is 0.0795. The van der Waals surface area contributed by atoms with E-state index in [0.29, 0.717) is 33.9 Å². The van der Waals surface area contributed by atoms with Crippen LogP contribution in [-0.4, -0.2) is 11.7 Å². The molecule has 0 atom stereocenters. The number of hydrogen-bond acceptors (Lipinski definition) is 3. The van der Waals surface area contributed by atoms with E-state index in [-0.39, 0.29) is 11.7 Å². The lowest BCUT2D eigenvalue weighted by Crippen LogP contribution is -2.13. The second-order valence-corrected chi connectivity index (χ2v) is 6.64. The zero-order valence-electron chi connectivity index (χ0n) is 16.1. The van der Waals surface area contributed by atoms with Gasteiger partial charge in [-0.3, -0.25) is 9.59 Å². The molecule has 30 heavy (non-hydrogen) atoms. The average molecular weight is 393 g/mol. The van der Waals surface area contributed by atoms with Crippen molar-refractivity contribution in [2.45, 2.75) is 0 Å². The zero-order chi connectivity index (χ0) is 20.8. The van der Waals surface area contributed by atoms with Crippen LogP contribution in [0.4, 0.5) is 5.69 Å². The molecule has 0 heterocycles. The van der Waals surface area contributed by atoms with E-state index in [0.717, 1.165) is 0 Å². The summed E-state index contributed by atoms with van der Waals surface area (Å²) >= 11 is 0. The first kappa shape index (κ1) is 19.2. The molecule has 4 aromatic carbocycles. The smallest absolute Gasteiger partial charge is 0.255 e. The third-order valence-corrected chi connectivity index (χ3v) is 4.55. The molecule has 146 valence electrons. The van der Waals surface area contributed by atoms with Crippen LogP contribution in [0.15, 0.2) is 109 Å². The maximum Gasteiger partial charge on any atom is 0.255 e. The van der Waals surface area contributed by atoms with Crippen molar-refractivity contribution in [1.82, 2.24) is 0 Å². The number of ketones is 1. The summed E-state index contributed by atoms with van der Waals surface area (Å²) in [5.41, 5.74) is 2.16. The van der Waals surface area contributed by atoms with Gasteiger partial charge in [0.2, 0.25) is 0 Å². The van der Waals surface area contributed by atoms with Gasteiger partial charge in [0.1, 0.15) is 5.75 Å². The predicted molar refractivity (Wildman–Crippen MR) is 117 cm³/mol. The Hall–Kier alpha value is -4.18. The van der Waals surface area contributed by atoms with Crippen molar-refractivity contribution >= 4 is 17.4 Å². The topological polar surface area (TPSA) is 55.4 Å². The number of carbonyl (C=O) groups is 2. The third kappa shape index (κ3) is 4.45. The van der Waals surface area contributed by atoms with Gasteiger partial charge in [-0.15, -0.1) is 0 Å². The molecule has 0 saturated carbocycles. The molecule has 4 rings (SSSR count). The number of benzene rings is 4. The van der Waals surface area contributed by atoms with Crippen molar-refractivity contribution in [3.63, 3.8) is 0 Å². The molecule has 0 aromatic heterocycles. The van der Waals surface area contributed by atoms with Crippen molar-refractivity contribution in [2.24, 2.45) is 0 Å². The summed E-state index contributed by atoms with van der Waals surface area (Å²) < 4.78 is 5.89. The van der Waals surface area contributed by atoms with E-state index < -0.39 is 0 Å². The van der Waals surface area contributed by atoms with Crippen LogP contribution in [0.1, 0.15) is 26.3 Å². The highest BCUT2D eigenvalue weighted by Gasteiger charge is 2.13. The summed E-state index contributed by atoms with van der Waals surface area (Å²) in [4.78, 5) is 25.2. The highest BCUT2D eigenvalue weighted by Crippen LogP contribution is 2.29. The van der Waals surface area contributed by atoms with Gasteiger partial charge in [-0.2, -0.15) is 0 Å². The second kappa shape index (κ2) is 8.88. The molecule has 0 aliphatic heterocycles. The van der Waals surface area contributed by atoms with E-state index >= 15 is 0 Å². The quantitative estimate of drug-likeness (QED) is 0.411. The highest BCUT2D eigenvalue weighted by molar-refractivity contribution is 6.10. The van der Waals surface area contributed by atoms with Crippen molar-refractivity contribution in [3.8, 4) is 11.5 Å². The molecular weight excluding hydrogens is 374 g/mol. The number of amides is 1. The molecule has 4 nitrogen and oxygen atoms in total. The molecule has 1 N–H and O–H groups in total. The van der Waals surface area contributed by atoms with E-state index in [4.69, 9.17) is 4.74 Å². The fraction of sp³-hybridized carbons (Fsp3) is 0. The molecule has 0 aliphatic rings. The fourth-order valence-corrected chi connectivity index (χ4v) is 3.00. The van der Waals surface area contributed by atoms with Gasteiger partial charge in [-0.05, 0) is 36.4 Å². The summed E-state index contributed by atoms with van der Waals surface area (Å²) in [5.74, 6) is 0.873. The first-order chi connectivity index (χ1) is 14.7. The molecule has 4 aromatic rings. The lowest BCUT2D eigenvalue weighted by Gasteiger charge is -2.12. The molecular formula is C26H19NO3. The van der Waals surface area contributed by atoms with E-state index in [2.05, 4.69) is 5.32 Å². The SMILES string of the molecule is O=C(Nc1ccccc1Oc1ccccc1)c1ccc(C(=O)c2ccccc2)cc1. The zero-order valence-corrected chi connectivity index (χ0v) is 16.1. The first-order valence-electron chi connectivity index (χ1n) is 9.54. The van der Waals surface area contributed by atoms with Crippen molar-refractivity contribution < 1.29 is 14.3 Å². The van der Waals surface area contributed by atoms with Gasteiger partial charge in [0.25, 0.3) is 5.91 Å². The van der Waals surface area contributed by atoms with E-state index in [1.165, 1.54) is 0 Å². The van der Waals surface area contributed by atoms with Crippen LogP contribution >= 0.6 is 0 Å². The fourth-order valence-electron chi connectivity index (χ4n) is 3.00. The second-order valence-electron chi connectivity index (χ2n) is 6.64. The van der Waals surface area contributed by atoms with Gasteiger partial charge in [0, 0.05) is 16.7 Å². The molecule has 0 bridgehead atoms. The molecule has 0 spiro atoms. The summed E-state index contributed by atoms with van der Waals surface area (Å²) in [6.07, 6.45) is 0. The maximum atomic E-state index is 12.7. The summed E-state index contributed by atoms with van der Waals surface area (Å²) in [5, 5.41) is 2.88. The molecule has 1 amide bonds. The number of para-hydroxylation sites is 3. The van der Waals surface area contributed by atoms with Gasteiger partial charge in [-0.1, -0.05) is 72.8 Å². The number of nitrogens with one attached hydrogen (secondary N) is 1. The molecule has 0 unspecified atom stereocenters. The third-order valence-electron chi connectivity index (χ3n) is 4.55. The van der Waals surface area contributed by atoms with Gasteiger partial charge in [0.05, 0.1) is 5.69 Å². The Morgan fingerprint density at radius 3 is 1.80 bits per heavy atom. The monoisotopic (exact) mass is 393 g/mol. The number of hydrogen-bond donors (Lipinski definition) is 1. The minimum Gasteiger partial charge on any atom is -0.455 e. The van der Waals surface area contributed by atoms with Crippen molar-refractivity contribution in [1.29, 1.82) is 0 Å². The average Bonchev–Trinajstić information content (AvgIpc) is 2.81. The van der Waals surface area contributed by atoms with Crippen LogP contribution in [0.2, 0.25) is 0 Å². The predicted octanol–water partition coefficient (Wildman–Crippen LogP) is 5.96. The maximum absolute atomic E-state index is 12.7. The Kier molecular flexibility index (Phi) is 5.67. The molecule has 0 saturated heterocycles. The Labute approximate surface area is 174 Å². The van der Waals surface area contributed by atoms with Gasteiger partial charge >= 0.3 is 0 Å². The first-order valence-corrected chi connectivity index (χ1v) is 9.54. The Morgan fingerprint density at radius 2 is 1.10 bits per heavy atom. The van der Waals surface area contributed by atoms with Gasteiger partial charge in [0.15, 0.2) is 11.5 Å². The summed E-state index contributed by atoms with van der Waals surface area (Å²) in [6.45, 7) is 0. The normalized spacial score (nSPS) is 10.3. The van der Waals surface area contributed by atoms with Crippen LogP contribution < -0.4 is 10.1 Å². The molecule has 4 heteroatoms. The van der Waals surface area contributed by atoms with Crippen LogP contribution in [0.3, 0.4) is 0 Å². The Balaban J connectivity index is 1.49. The molecule has 0 aliphatic carbocycles. The van der Waals surface area contributed by atoms with Crippen molar-refractivity contribution in [2.75, 3.05) is 5.32 Å². The lowest BCUT2D eigenvalue weighted by atomic mass is 10.0. The summed E-state index contributed by atoms with van der Waals surface area (Å²) in [7, 11) is 0. The van der Waals surface area contributed by atoms with Crippen molar-refractivity contribution in [3.05, 3.63) is 126 Å². The van der Waals surface area contributed by atoms with Gasteiger partial charge in [-0.25, -0.2) is 0 Å².